The molecule has 0 amide bonds. The maximum atomic E-state index is 5.61. The monoisotopic (exact) mass is 253 g/mol. The van der Waals surface area contributed by atoms with Gasteiger partial charge in [-0.25, -0.2) is 0 Å². The summed E-state index contributed by atoms with van der Waals surface area (Å²) in [7, 11) is 0. The zero-order valence-corrected chi connectivity index (χ0v) is 11.4. The van der Waals surface area contributed by atoms with Crippen molar-refractivity contribution in [2.75, 3.05) is 6.54 Å². The van der Waals surface area contributed by atoms with Crippen LogP contribution in [0.1, 0.15) is 37.5 Å². The molecule has 0 atom stereocenters. The van der Waals surface area contributed by atoms with Crippen molar-refractivity contribution >= 4 is 16.3 Å². The van der Waals surface area contributed by atoms with Crippen molar-refractivity contribution in [3.8, 4) is 0 Å². The number of aryl methyl sites for hydroxylation is 2. The molecular formula is C11H19N5S. The van der Waals surface area contributed by atoms with Gasteiger partial charge in [-0.2, -0.15) is 9.61 Å². The molecule has 5 nitrogen and oxygen atoms in total. The van der Waals surface area contributed by atoms with Gasteiger partial charge in [0.15, 0.2) is 5.82 Å². The van der Waals surface area contributed by atoms with Crippen LogP contribution in [-0.4, -0.2) is 26.4 Å². The second kappa shape index (κ2) is 4.70. The van der Waals surface area contributed by atoms with Gasteiger partial charge in [-0.05, 0) is 31.7 Å². The highest BCUT2D eigenvalue weighted by atomic mass is 32.1. The molecule has 6 heteroatoms. The molecule has 2 aromatic heterocycles. The number of nitrogens with two attached hydrogens (primary N) is 1. The molecule has 94 valence electrons. The summed E-state index contributed by atoms with van der Waals surface area (Å²) in [5.74, 6) is 0.851. The summed E-state index contributed by atoms with van der Waals surface area (Å²) >= 11 is 1.62. The van der Waals surface area contributed by atoms with E-state index < -0.39 is 0 Å². The van der Waals surface area contributed by atoms with Crippen molar-refractivity contribution in [2.45, 2.75) is 40.0 Å². The van der Waals surface area contributed by atoms with Gasteiger partial charge in [0.1, 0.15) is 5.01 Å². The van der Waals surface area contributed by atoms with Gasteiger partial charge in [0.05, 0.1) is 0 Å². The van der Waals surface area contributed by atoms with E-state index in [0.29, 0.717) is 0 Å². The first-order valence-electron chi connectivity index (χ1n) is 5.90. The summed E-state index contributed by atoms with van der Waals surface area (Å²) in [6.45, 7) is 7.18. The average Bonchev–Trinajstić information content (AvgIpc) is 2.79. The predicted octanol–water partition coefficient (Wildman–Crippen LogP) is 1.80. The van der Waals surface area contributed by atoms with Crippen LogP contribution < -0.4 is 5.73 Å². The van der Waals surface area contributed by atoms with E-state index in [2.05, 4.69) is 29.1 Å². The standard InChI is InChI=1S/C11H19N5S/c1-8-13-14-10-16(8)15-9(17-10)4-5-11(2,3)6-7-12/h4-7,12H2,1-3H3. The van der Waals surface area contributed by atoms with E-state index >= 15 is 0 Å². The zero-order valence-electron chi connectivity index (χ0n) is 10.6. The van der Waals surface area contributed by atoms with Crippen LogP contribution in [-0.2, 0) is 6.42 Å². The third kappa shape index (κ3) is 2.81. The number of hydrogen-bond acceptors (Lipinski definition) is 5. The fourth-order valence-corrected chi connectivity index (χ4v) is 2.69. The quantitative estimate of drug-likeness (QED) is 0.882. The maximum absolute atomic E-state index is 5.61. The van der Waals surface area contributed by atoms with Gasteiger partial charge in [-0.1, -0.05) is 25.2 Å². The van der Waals surface area contributed by atoms with Crippen molar-refractivity contribution in [3.05, 3.63) is 10.8 Å². The first-order valence-corrected chi connectivity index (χ1v) is 6.71. The maximum Gasteiger partial charge on any atom is 0.234 e. The van der Waals surface area contributed by atoms with Gasteiger partial charge in [0.2, 0.25) is 4.96 Å². The summed E-state index contributed by atoms with van der Waals surface area (Å²) < 4.78 is 1.82. The fraction of sp³-hybridized carbons (Fsp3) is 0.727. The molecule has 0 aromatic carbocycles. The van der Waals surface area contributed by atoms with Crippen LogP contribution in [0.4, 0.5) is 0 Å². The van der Waals surface area contributed by atoms with E-state index in [9.17, 15) is 0 Å². The Hall–Kier alpha value is -1.01. The molecule has 0 spiro atoms. The molecule has 0 radical (unpaired) electrons. The highest BCUT2D eigenvalue weighted by molar-refractivity contribution is 7.16. The first-order chi connectivity index (χ1) is 8.02. The van der Waals surface area contributed by atoms with Crippen LogP contribution in [0.25, 0.3) is 4.96 Å². The highest BCUT2D eigenvalue weighted by Crippen LogP contribution is 2.27. The number of fused-ring (bicyclic) bond motifs is 1. The van der Waals surface area contributed by atoms with E-state index in [1.165, 1.54) is 0 Å². The van der Waals surface area contributed by atoms with Gasteiger partial charge in [0.25, 0.3) is 0 Å². The number of aromatic nitrogens is 4. The Labute approximate surface area is 105 Å². The Morgan fingerprint density at radius 3 is 2.71 bits per heavy atom. The zero-order chi connectivity index (χ0) is 12.5. The van der Waals surface area contributed by atoms with Crippen LogP contribution in [0.15, 0.2) is 0 Å². The molecule has 0 aliphatic heterocycles. The summed E-state index contributed by atoms with van der Waals surface area (Å²) in [5, 5.41) is 13.7. The molecule has 2 rings (SSSR count). The van der Waals surface area contributed by atoms with E-state index in [4.69, 9.17) is 5.73 Å². The Morgan fingerprint density at radius 1 is 1.29 bits per heavy atom. The van der Waals surface area contributed by atoms with Gasteiger partial charge >= 0.3 is 0 Å². The van der Waals surface area contributed by atoms with Crippen LogP contribution in [0.2, 0.25) is 0 Å². The topological polar surface area (TPSA) is 69.1 Å². The Balaban J connectivity index is 2.04. The van der Waals surface area contributed by atoms with Crippen molar-refractivity contribution in [3.63, 3.8) is 0 Å². The molecule has 0 aliphatic carbocycles. The van der Waals surface area contributed by atoms with Crippen LogP contribution in [0.3, 0.4) is 0 Å². The summed E-state index contributed by atoms with van der Waals surface area (Å²) in [6, 6.07) is 0. The Kier molecular flexibility index (Phi) is 3.44. The van der Waals surface area contributed by atoms with Crippen molar-refractivity contribution in [1.29, 1.82) is 0 Å². The second-order valence-corrected chi connectivity index (χ2v) is 6.18. The summed E-state index contributed by atoms with van der Waals surface area (Å²) in [4.78, 5) is 0.883. The van der Waals surface area contributed by atoms with Crippen molar-refractivity contribution < 1.29 is 0 Å². The van der Waals surface area contributed by atoms with Gasteiger partial charge in [-0.3, -0.25) is 0 Å². The first kappa shape index (κ1) is 12.4. The molecule has 0 fully saturated rings. The molecule has 0 aliphatic rings. The normalized spacial score (nSPS) is 12.5. The lowest BCUT2D eigenvalue weighted by molar-refractivity contribution is 0.313. The van der Waals surface area contributed by atoms with Crippen molar-refractivity contribution in [1.82, 2.24) is 19.8 Å². The largest absolute Gasteiger partial charge is 0.330 e. The van der Waals surface area contributed by atoms with Crippen LogP contribution >= 0.6 is 11.3 Å². The minimum absolute atomic E-state index is 0.288. The average molecular weight is 253 g/mol. The van der Waals surface area contributed by atoms with E-state index in [1.807, 2.05) is 11.4 Å². The minimum Gasteiger partial charge on any atom is -0.330 e. The molecule has 0 bridgehead atoms. The molecule has 0 unspecified atom stereocenters. The van der Waals surface area contributed by atoms with E-state index in [0.717, 1.165) is 41.6 Å². The number of rotatable bonds is 5. The highest BCUT2D eigenvalue weighted by Gasteiger charge is 2.18. The molecule has 0 saturated carbocycles. The summed E-state index contributed by atoms with van der Waals surface area (Å²) in [6.07, 6.45) is 3.14. The lowest BCUT2D eigenvalue weighted by Crippen LogP contribution is -2.17. The number of nitrogens with zero attached hydrogens (tertiary/aromatic N) is 4. The molecule has 0 saturated heterocycles. The summed E-state index contributed by atoms with van der Waals surface area (Å²) in [5.41, 5.74) is 5.90. The third-order valence-electron chi connectivity index (χ3n) is 3.03. The van der Waals surface area contributed by atoms with Crippen molar-refractivity contribution in [2.24, 2.45) is 11.1 Å². The lowest BCUT2D eigenvalue weighted by atomic mass is 9.84. The van der Waals surface area contributed by atoms with Gasteiger partial charge < -0.3 is 5.73 Å². The predicted molar refractivity (Wildman–Crippen MR) is 69.2 cm³/mol. The second-order valence-electron chi connectivity index (χ2n) is 5.14. The van der Waals surface area contributed by atoms with E-state index in [-0.39, 0.29) is 5.41 Å². The van der Waals surface area contributed by atoms with Crippen LogP contribution in [0.5, 0.6) is 0 Å². The molecule has 2 heterocycles. The van der Waals surface area contributed by atoms with E-state index in [1.54, 1.807) is 11.3 Å². The van der Waals surface area contributed by atoms with Gasteiger partial charge in [-0.15, -0.1) is 10.2 Å². The minimum atomic E-state index is 0.288. The molecular weight excluding hydrogens is 234 g/mol. The fourth-order valence-electron chi connectivity index (χ4n) is 1.82. The Morgan fingerprint density at radius 2 is 2.06 bits per heavy atom. The van der Waals surface area contributed by atoms with Gasteiger partial charge in [0, 0.05) is 6.42 Å². The molecule has 2 aromatic rings. The molecule has 17 heavy (non-hydrogen) atoms. The van der Waals surface area contributed by atoms with Crippen LogP contribution in [0, 0.1) is 12.3 Å². The smallest absolute Gasteiger partial charge is 0.234 e. The lowest BCUT2D eigenvalue weighted by Gasteiger charge is -2.22. The number of hydrogen-bond donors (Lipinski definition) is 1. The molecule has 2 N–H and O–H groups in total. The Bertz CT molecular complexity index is 499. The third-order valence-corrected chi connectivity index (χ3v) is 3.98. The SMILES string of the molecule is Cc1nnc2sc(CCC(C)(C)CCN)nn12.